The van der Waals surface area contributed by atoms with Crippen molar-refractivity contribution in [2.75, 3.05) is 16.3 Å². The SMILES string of the molecule is CC(=O)N1c2ccccc2N(C(=O)c2cnn(-c3ccccc3)c2C(F)(F)F)C[C@@H]1C. The summed E-state index contributed by atoms with van der Waals surface area (Å²) in [6, 6.07) is 14.1. The molecule has 1 aliphatic heterocycles. The molecule has 0 N–H and O–H groups in total. The lowest BCUT2D eigenvalue weighted by Gasteiger charge is -2.40. The fourth-order valence-corrected chi connectivity index (χ4v) is 3.94. The zero-order valence-electron chi connectivity index (χ0n) is 16.8. The number of para-hydroxylation sites is 3. The molecule has 2 aromatic carbocycles. The molecule has 0 unspecified atom stereocenters. The van der Waals surface area contributed by atoms with E-state index in [-0.39, 0.29) is 18.1 Å². The molecule has 4 rings (SSSR count). The van der Waals surface area contributed by atoms with E-state index in [9.17, 15) is 22.8 Å². The Morgan fingerprint density at radius 3 is 2.23 bits per heavy atom. The standard InChI is InChI=1S/C22H19F3N4O2/c1-14-13-27(18-10-6-7-11-19(18)28(14)15(2)30)21(31)17-12-26-29(20(17)22(23,24)25)16-8-4-3-5-9-16/h3-12,14H,13H2,1-2H3/t14-/m0/s1. The molecule has 3 aromatic rings. The number of anilines is 2. The van der Waals surface area contributed by atoms with Gasteiger partial charge in [0, 0.05) is 13.5 Å². The van der Waals surface area contributed by atoms with Gasteiger partial charge in [0.1, 0.15) is 0 Å². The quantitative estimate of drug-likeness (QED) is 0.612. The molecule has 1 aromatic heterocycles. The van der Waals surface area contributed by atoms with Gasteiger partial charge in [-0.1, -0.05) is 30.3 Å². The number of hydrogen-bond acceptors (Lipinski definition) is 3. The maximum atomic E-state index is 14.0. The third-order valence-electron chi connectivity index (χ3n) is 5.17. The van der Waals surface area contributed by atoms with Crippen LogP contribution in [0.25, 0.3) is 5.69 Å². The number of carbonyl (C=O) groups excluding carboxylic acids is 2. The predicted octanol–water partition coefficient (Wildman–Crippen LogP) is 4.29. The van der Waals surface area contributed by atoms with Crippen LogP contribution < -0.4 is 9.80 Å². The maximum Gasteiger partial charge on any atom is 0.434 e. The van der Waals surface area contributed by atoms with E-state index in [1.165, 1.54) is 28.9 Å². The van der Waals surface area contributed by atoms with E-state index in [0.29, 0.717) is 11.4 Å². The number of hydrogen-bond donors (Lipinski definition) is 0. The summed E-state index contributed by atoms with van der Waals surface area (Å²) in [5.74, 6) is -1.03. The van der Waals surface area contributed by atoms with E-state index in [1.54, 1.807) is 49.4 Å². The van der Waals surface area contributed by atoms with Gasteiger partial charge >= 0.3 is 6.18 Å². The summed E-state index contributed by atoms with van der Waals surface area (Å²) < 4.78 is 42.8. The molecule has 0 radical (unpaired) electrons. The summed E-state index contributed by atoms with van der Waals surface area (Å²) in [5.41, 5.74) is -0.631. The molecule has 1 atom stereocenters. The van der Waals surface area contributed by atoms with Gasteiger partial charge in [0.15, 0.2) is 5.69 Å². The van der Waals surface area contributed by atoms with Gasteiger partial charge in [-0.15, -0.1) is 0 Å². The molecule has 0 saturated heterocycles. The highest BCUT2D eigenvalue weighted by Crippen LogP contribution is 2.39. The number of alkyl halides is 3. The molecule has 0 saturated carbocycles. The zero-order chi connectivity index (χ0) is 22.3. The Labute approximate surface area is 176 Å². The van der Waals surface area contributed by atoms with Gasteiger partial charge in [0.2, 0.25) is 5.91 Å². The molecule has 0 aliphatic carbocycles. The first-order valence-electron chi connectivity index (χ1n) is 9.61. The molecular weight excluding hydrogens is 409 g/mol. The van der Waals surface area contributed by atoms with Crippen molar-refractivity contribution in [3.8, 4) is 5.69 Å². The van der Waals surface area contributed by atoms with Gasteiger partial charge in [-0.25, -0.2) is 4.68 Å². The van der Waals surface area contributed by atoms with Crippen LogP contribution in [0, 0.1) is 0 Å². The highest BCUT2D eigenvalue weighted by molar-refractivity contribution is 6.11. The number of benzene rings is 2. The van der Waals surface area contributed by atoms with Crippen molar-refractivity contribution in [2.45, 2.75) is 26.1 Å². The van der Waals surface area contributed by atoms with Gasteiger partial charge in [0.25, 0.3) is 5.91 Å². The van der Waals surface area contributed by atoms with Gasteiger partial charge in [0.05, 0.1) is 34.9 Å². The molecule has 2 heterocycles. The number of carbonyl (C=O) groups is 2. The lowest BCUT2D eigenvalue weighted by molar-refractivity contribution is -0.143. The van der Waals surface area contributed by atoms with Crippen molar-refractivity contribution < 1.29 is 22.8 Å². The van der Waals surface area contributed by atoms with Crippen molar-refractivity contribution in [3.63, 3.8) is 0 Å². The van der Waals surface area contributed by atoms with E-state index in [4.69, 9.17) is 0 Å². The molecule has 1 aliphatic rings. The smallest absolute Gasteiger partial charge is 0.306 e. The molecule has 0 spiro atoms. The summed E-state index contributed by atoms with van der Waals surface area (Å²) in [7, 11) is 0. The second-order valence-corrected chi connectivity index (χ2v) is 7.29. The lowest BCUT2D eigenvalue weighted by Crippen LogP contribution is -2.51. The molecule has 9 heteroatoms. The lowest BCUT2D eigenvalue weighted by atomic mass is 10.1. The molecule has 31 heavy (non-hydrogen) atoms. The highest BCUT2D eigenvalue weighted by atomic mass is 19.4. The normalized spacial score (nSPS) is 16.2. The minimum absolute atomic E-state index is 0.0588. The Bertz CT molecular complexity index is 1140. The Balaban J connectivity index is 1.83. The molecular formula is C22H19F3N4O2. The van der Waals surface area contributed by atoms with Crippen molar-refractivity contribution >= 4 is 23.2 Å². The first kappa shape index (κ1) is 20.6. The summed E-state index contributed by atoms with van der Waals surface area (Å²) in [6.45, 7) is 3.22. The second-order valence-electron chi connectivity index (χ2n) is 7.29. The second kappa shape index (κ2) is 7.57. The number of fused-ring (bicyclic) bond motifs is 1. The summed E-state index contributed by atoms with van der Waals surface area (Å²) in [6.07, 6.45) is -3.85. The Hall–Kier alpha value is -3.62. The van der Waals surface area contributed by atoms with Crippen LogP contribution in [-0.2, 0) is 11.0 Å². The zero-order valence-corrected chi connectivity index (χ0v) is 16.8. The van der Waals surface area contributed by atoms with Crippen LogP contribution in [-0.4, -0.2) is 34.2 Å². The third kappa shape index (κ3) is 3.56. The monoisotopic (exact) mass is 428 g/mol. The number of aromatic nitrogens is 2. The molecule has 2 amide bonds. The number of nitrogens with zero attached hydrogens (tertiary/aromatic N) is 4. The van der Waals surface area contributed by atoms with E-state index in [1.807, 2.05) is 0 Å². The maximum absolute atomic E-state index is 14.0. The molecule has 6 nitrogen and oxygen atoms in total. The predicted molar refractivity (Wildman–Crippen MR) is 109 cm³/mol. The van der Waals surface area contributed by atoms with Crippen molar-refractivity contribution in [2.24, 2.45) is 0 Å². The fraction of sp³-hybridized carbons (Fsp3) is 0.227. The van der Waals surface area contributed by atoms with Crippen molar-refractivity contribution in [1.29, 1.82) is 0 Å². The van der Waals surface area contributed by atoms with Gasteiger partial charge in [-0.3, -0.25) is 9.59 Å². The van der Waals surface area contributed by atoms with Gasteiger partial charge in [-0.05, 0) is 31.2 Å². The Kier molecular flexibility index (Phi) is 5.04. The largest absolute Gasteiger partial charge is 0.434 e. The summed E-state index contributed by atoms with van der Waals surface area (Å²) in [5, 5.41) is 3.87. The number of amides is 2. The average molecular weight is 428 g/mol. The molecule has 0 fully saturated rings. The van der Waals surface area contributed by atoms with Crippen molar-refractivity contribution in [1.82, 2.24) is 9.78 Å². The van der Waals surface area contributed by atoms with E-state index in [0.717, 1.165) is 10.9 Å². The van der Waals surface area contributed by atoms with E-state index < -0.39 is 29.4 Å². The molecule has 0 bridgehead atoms. The topological polar surface area (TPSA) is 58.4 Å². The van der Waals surface area contributed by atoms with Crippen LogP contribution in [0.5, 0.6) is 0 Å². The minimum Gasteiger partial charge on any atom is -0.306 e. The summed E-state index contributed by atoms with van der Waals surface area (Å²) >= 11 is 0. The Morgan fingerprint density at radius 2 is 1.61 bits per heavy atom. The van der Waals surface area contributed by atoms with Crippen LogP contribution in [0.2, 0.25) is 0 Å². The minimum atomic E-state index is -4.80. The summed E-state index contributed by atoms with van der Waals surface area (Å²) in [4.78, 5) is 28.3. The van der Waals surface area contributed by atoms with E-state index in [2.05, 4.69) is 5.10 Å². The number of halogens is 3. The van der Waals surface area contributed by atoms with Gasteiger partial charge in [-0.2, -0.15) is 18.3 Å². The van der Waals surface area contributed by atoms with Crippen molar-refractivity contribution in [3.05, 3.63) is 72.1 Å². The van der Waals surface area contributed by atoms with Crippen LogP contribution in [0.3, 0.4) is 0 Å². The van der Waals surface area contributed by atoms with Crippen LogP contribution in [0.15, 0.2) is 60.8 Å². The first-order valence-corrected chi connectivity index (χ1v) is 9.61. The third-order valence-corrected chi connectivity index (χ3v) is 5.17. The average Bonchev–Trinajstić information content (AvgIpc) is 3.19. The molecule has 160 valence electrons. The fourth-order valence-electron chi connectivity index (χ4n) is 3.94. The Morgan fingerprint density at radius 1 is 1.00 bits per heavy atom. The first-order chi connectivity index (χ1) is 14.7. The van der Waals surface area contributed by atoms with E-state index >= 15 is 0 Å². The van der Waals surface area contributed by atoms with Crippen LogP contribution in [0.1, 0.15) is 29.9 Å². The van der Waals surface area contributed by atoms with Gasteiger partial charge < -0.3 is 9.80 Å². The number of rotatable bonds is 2. The van der Waals surface area contributed by atoms with Crippen LogP contribution >= 0.6 is 0 Å². The highest BCUT2D eigenvalue weighted by Gasteiger charge is 2.43. The van der Waals surface area contributed by atoms with Crippen LogP contribution in [0.4, 0.5) is 24.5 Å².